The summed E-state index contributed by atoms with van der Waals surface area (Å²) in [5.41, 5.74) is 5.14. The summed E-state index contributed by atoms with van der Waals surface area (Å²) in [5, 5.41) is 14.8. The van der Waals surface area contributed by atoms with Gasteiger partial charge in [-0.05, 0) is 59.7 Å². The number of carbonyl (C=O) groups is 2. The van der Waals surface area contributed by atoms with Crippen LogP contribution >= 0.6 is 0 Å². The molecule has 0 saturated heterocycles. The standard InChI is InChI=1S/C30H30N4O4/c1-3-22(16-28(35)36)23-10-8-21(9-11-23)18-34-19-31-17-26(29(34)37)24-12-14-25(15-13-24)32-30(38)33-27-7-5-4-6-20(27)2/h4-15,17,19,22H,3,16,18H2,1-2H3,(H,35,36)(H2,32,33,38)/t22-/m0/s1. The lowest BCUT2D eigenvalue weighted by molar-refractivity contribution is -0.137. The van der Waals surface area contributed by atoms with E-state index in [1.54, 1.807) is 28.8 Å². The third-order valence-corrected chi connectivity index (χ3v) is 6.47. The summed E-state index contributed by atoms with van der Waals surface area (Å²) in [6, 6.07) is 21.9. The van der Waals surface area contributed by atoms with Crippen molar-refractivity contribution < 1.29 is 14.7 Å². The van der Waals surface area contributed by atoms with Crippen LogP contribution in [0.4, 0.5) is 16.2 Å². The SMILES string of the molecule is CC[C@@H](CC(=O)O)c1ccc(Cn2cncc(-c3ccc(NC(=O)Nc4ccccc4C)cc3)c2=O)cc1. The highest BCUT2D eigenvalue weighted by molar-refractivity contribution is 6.00. The lowest BCUT2D eigenvalue weighted by atomic mass is 9.92. The van der Waals surface area contributed by atoms with E-state index in [2.05, 4.69) is 15.6 Å². The first kappa shape index (κ1) is 26.3. The fraction of sp³-hybridized carbons (Fsp3) is 0.200. The number of rotatable bonds is 9. The molecule has 194 valence electrons. The summed E-state index contributed by atoms with van der Waals surface area (Å²) in [6.07, 6.45) is 3.87. The largest absolute Gasteiger partial charge is 0.481 e. The molecule has 0 saturated carbocycles. The molecule has 0 unspecified atom stereocenters. The molecule has 1 heterocycles. The zero-order valence-corrected chi connectivity index (χ0v) is 21.3. The topological polar surface area (TPSA) is 113 Å². The number of urea groups is 1. The molecule has 0 aliphatic heterocycles. The minimum Gasteiger partial charge on any atom is -0.481 e. The van der Waals surface area contributed by atoms with Gasteiger partial charge in [-0.25, -0.2) is 9.78 Å². The Balaban J connectivity index is 1.44. The third kappa shape index (κ3) is 6.53. The zero-order valence-electron chi connectivity index (χ0n) is 21.3. The van der Waals surface area contributed by atoms with Gasteiger partial charge in [0.1, 0.15) is 0 Å². The van der Waals surface area contributed by atoms with Crippen LogP contribution in [0.15, 0.2) is 90.1 Å². The number of amides is 2. The smallest absolute Gasteiger partial charge is 0.323 e. The van der Waals surface area contributed by atoms with E-state index in [4.69, 9.17) is 5.11 Å². The molecule has 4 aromatic rings. The molecule has 0 bridgehead atoms. The quantitative estimate of drug-likeness (QED) is 0.260. The third-order valence-electron chi connectivity index (χ3n) is 6.47. The molecule has 8 nitrogen and oxygen atoms in total. The van der Waals surface area contributed by atoms with Crippen LogP contribution in [0.3, 0.4) is 0 Å². The summed E-state index contributed by atoms with van der Waals surface area (Å²) in [5.74, 6) is -0.857. The highest BCUT2D eigenvalue weighted by atomic mass is 16.4. The van der Waals surface area contributed by atoms with Crippen molar-refractivity contribution in [2.75, 3.05) is 10.6 Å². The van der Waals surface area contributed by atoms with Gasteiger partial charge in [0, 0.05) is 17.6 Å². The Kier molecular flexibility index (Phi) is 8.33. The molecule has 3 aromatic carbocycles. The molecule has 4 rings (SSSR count). The maximum absolute atomic E-state index is 13.2. The lowest BCUT2D eigenvalue weighted by Gasteiger charge is -2.14. The number of nitrogens with zero attached hydrogens (tertiary/aromatic N) is 2. The molecule has 8 heteroatoms. The molecular formula is C30H30N4O4. The van der Waals surface area contributed by atoms with Gasteiger partial charge >= 0.3 is 12.0 Å². The molecule has 38 heavy (non-hydrogen) atoms. The Bertz CT molecular complexity index is 1480. The van der Waals surface area contributed by atoms with E-state index in [0.29, 0.717) is 23.4 Å². The van der Waals surface area contributed by atoms with E-state index in [0.717, 1.165) is 28.8 Å². The normalized spacial score (nSPS) is 11.5. The number of hydrogen-bond acceptors (Lipinski definition) is 4. The predicted molar refractivity (Wildman–Crippen MR) is 149 cm³/mol. The van der Waals surface area contributed by atoms with Crippen LogP contribution in [0, 0.1) is 6.92 Å². The molecule has 1 aromatic heterocycles. The van der Waals surface area contributed by atoms with Crippen molar-refractivity contribution in [3.63, 3.8) is 0 Å². The summed E-state index contributed by atoms with van der Waals surface area (Å²) in [4.78, 5) is 40.9. The van der Waals surface area contributed by atoms with Crippen molar-refractivity contribution in [3.8, 4) is 11.1 Å². The molecule has 0 radical (unpaired) electrons. The van der Waals surface area contributed by atoms with E-state index in [1.807, 2.05) is 62.4 Å². The average molecular weight is 511 g/mol. The highest BCUT2D eigenvalue weighted by Crippen LogP contribution is 2.24. The van der Waals surface area contributed by atoms with Gasteiger partial charge in [0.05, 0.1) is 24.9 Å². The molecule has 1 atom stereocenters. The van der Waals surface area contributed by atoms with Crippen LogP contribution in [-0.2, 0) is 11.3 Å². The number of hydrogen-bond donors (Lipinski definition) is 3. The van der Waals surface area contributed by atoms with Crippen LogP contribution in [0.2, 0.25) is 0 Å². The summed E-state index contributed by atoms with van der Waals surface area (Å²) < 4.78 is 1.54. The van der Waals surface area contributed by atoms with Crippen molar-refractivity contribution in [3.05, 3.63) is 112 Å². The molecule has 0 fully saturated rings. The predicted octanol–water partition coefficient (Wildman–Crippen LogP) is 5.88. The number of aliphatic carboxylic acids is 1. The number of para-hydroxylation sites is 1. The van der Waals surface area contributed by atoms with E-state index in [9.17, 15) is 14.4 Å². The fourth-order valence-electron chi connectivity index (χ4n) is 4.29. The minimum absolute atomic E-state index is 0.0414. The van der Waals surface area contributed by atoms with Gasteiger partial charge in [-0.3, -0.25) is 14.2 Å². The number of nitrogens with one attached hydrogen (secondary N) is 2. The molecule has 0 aliphatic carbocycles. The van der Waals surface area contributed by atoms with Gasteiger partial charge in [-0.15, -0.1) is 0 Å². The average Bonchev–Trinajstić information content (AvgIpc) is 2.91. The lowest BCUT2D eigenvalue weighted by Crippen LogP contribution is -2.22. The maximum atomic E-state index is 13.2. The summed E-state index contributed by atoms with van der Waals surface area (Å²) in [7, 11) is 0. The number of aryl methyl sites for hydroxylation is 1. The van der Waals surface area contributed by atoms with Crippen LogP contribution < -0.4 is 16.2 Å². The monoisotopic (exact) mass is 510 g/mol. The molecule has 0 spiro atoms. The van der Waals surface area contributed by atoms with Crippen molar-refractivity contribution in [2.24, 2.45) is 0 Å². The second kappa shape index (κ2) is 12.0. The van der Waals surface area contributed by atoms with Gasteiger partial charge in [-0.2, -0.15) is 0 Å². The molecule has 2 amide bonds. The van der Waals surface area contributed by atoms with Crippen LogP contribution in [0.5, 0.6) is 0 Å². The summed E-state index contributed by atoms with van der Waals surface area (Å²) in [6.45, 7) is 4.24. The first-order chi connectivity index (χ1) is 18.3. The minimum atomic E-state index is -0.815. The van der Waals surface area contributed by atoms with E-state index in [-0.39, 0.29) is 23.9 Å². The van der Waals surface area contributed by atoms with Crippen molar-refractivity contribution >= 4 is 23.4 Å². The van der Waals surface area contributed by atoms with Crippen LogP contribution in [0.25, 0.3) is 11.1 Å². The number of carbonyl (C=O) groups excluding carboxylic acids is 1. The van der Waals surface area contributed by atoms with Crippen LogP contribution in [-0.4, -0.2) is 26.7 Å². The molecule has 3 N–H and O–H groups in total. The first-order valence-electron chi connectivity index (χ1n) is 12.4. The number of carboxylic acids is 1. The van der Waals surface area contributed by atoms with Crippen molar-refractivity contribution in [2.45, 2.75) is 39.2 Å². The maximum Gasteiger partial charge on any atom is 0.323 e. The van der Waals surface area contributed by atoms with Gasteiger partial charge in [0.2, 0.25) is 0 Å². The van der Waals surface area contributed by atoms with Gasteiger partial charge in [0.25, 0.3) is 5.56 Å². The molecule has 0 aliphatic rings. The van der Waals surface area contributed by atoms with E-state index < -0.39 is 5.97 Å². The Hall–Kier alpha value is -4.72. The first-order valence-corrected chi connectivity index (χ1v) is 12.4. The number of anilines is 2. The highest BCUT2D eigenvalue weighted by Gasteiger charge is 2.14. The van der Waals surface area contributed by atoms with Crippen LogP contribution in [0.1, 0.15) is 42.4 Å². The van der Waals surface area contributed by atoms with E-state index in [1.165, 1.54) is 12.5 Å². The Morgan fingerprint density at radius 1 is 0.974 bits per heavy atom. The number of aromatic nitrogens is 2. The second-order valence-electron chi connectivity index (χ2n) is 9.16. The Morgan fingerprint density at radius 3 is 2.34 bits per heavy atom. The summed E-state index contributed by atoms with van der Waals surface area (Å²) >= 11 is 0. The second-order valence-corrected chi connectivity index (χ2v) is 9.16. The van der Waals surface area contributed by atoms with Crippen molar-refractivity contribution in [1.82, 2.24) is 9.55 Å². The van der Waals surface area contributed by atoms with Gasteiger partial charge in [0.15, 0.2) is 0 Å². The Labute approximate surface area is 221 Å². The van der Waals surface area contributed by atoms with Gasteiger partial charge in [-0.1, -0.05) is 61.5 Å². The van der Waals surface area contributed by atoms with E-state index >= 15 is 0 Å². The number of benzene rings is 3. The Morgan fingerprint density at radius 2 is 1.68 bits per heavy atom. The van der Waals surface area contributed by atoms with Gasteiger partial charge < -0.3 is 15.7 Å². The zero-order chi connectivity index (χ0) is 27.1. The fourth-order valence-corrected chi connectivity index (χ4v) is 4.29. The number of carboxylic acid groups (broad SMARTS) is 1. The molecular weight excluding hydrogens is 480 g/mol. The van der Waals surface area contributed by atoms with Crippen molar-refractivity contribution in [1.29, 1.82) is 0 Å².